The van der Waals surface area contributed by atoms with Gasteiger partial charge < -0.3 is 15.4 Å². The van der Waals surface area contributed by atoms with Gasteiger partial charge in [0, 0.05) is 25.2 Å². The topological polar surface area (TPSA) is 59.1 Å². The summed E-state index contributed by atoms with van der Waals surface area (Å²) in [5.74, 6) is 3.29. The van der Waals surface area contributed by atoms with E-state index in [0.29, 0.717) is 0 Å². The Hall–Kier alpha value is -2.30. The lowest BCUT2D eigenvalue weighted by molar-refractivity contribution is 0.415. The van der Waals surface area contributed by atoms with Gasteiger partial charge in [-0.15, -0.1) is 0 Å². The zero-order valence-electron chi connectivity index (χ0n) is 12.1. The third-order valence-electron chi connectivity index (χ3n) is 2.86. The summed E-state index contributed by atoms with van der Waals surface area (Å²) in [5, 5.41) is 6.34. The molecule has 106 valence electrons. The molecule has 20 heavy (non-hydrogen) atoms. The lowest BCUT2D eigenvalue weighted by Crippen LogP contribution is -2.03. The number of aryl methyl sites for hydroxylation is 1. The summed E-state index contributed by atoms with van der Waals surface area (Å²) < 4.78 is 5.14. The standard InChI is InChI=1S/C15H20N4O/c1-4-5-13-18-14(16-2)10-15(19-13)17-11-6-8-12(20-3)9-7-11/h6-10H,4-5H2,1-3H3,(H2,16,17,18,19). The molecule has 0 aliphatic rings. The lowest BCUT2D eigenvalue weighted by atomic mass is 10.3. The molecule has 0 saturated heterocycles. The van der Waals surface area contributed by atoms with E-state index in [1.54, 1.807) is 7.11 Å². The van der Waals surface area contributed by atoms with Crippen LogP contribution in [-0.2, 0) is 6.42 Å². The number of ether oxygens (including phenoxy) is 1. The third kappa shape index (κ3) is 3.60. The number of hydrogen-bond donors (Lipinski definition) is 2. The largest absolute Gasteiger partial charge is 0.497 e. The highest BCUT2D eigenvalue weighted by molar-refractivity contribution is 5.59. The van der Waals surface area contributed by atoms with E-state index >= 15 is 0 Å². The van der Waals surface area contributed by atoms with Crippen LogP contribution in [0.5, 0.6) is 5.75 Å². The lowest BCUT2D eigenvalue weighted by Gasteiger charge is -2.10. The van der Waals surface area contributed by atoms with Gasteiger partial charge in [0.15, 0.2) is 0 Å². The van der Waals surface area contributed by atoms with Crippen LogP contribution in [0.15, 0.2) is 30.3 Å². The van der Waals surface area contributed by atoms with Gasteiger partial charge in [0.05, 0.1) is 7.11 Å². The zero-order valence-corrected chi connectivity index (χ0v) is 12.1. The van der Waals surface area contributed by atoms with Crippen molar-refractivity contribution in [3.8, 4) is 5.75 Å². The van der Waals surface area contributed by atoms with Gasteiger partial charge in [0.25, 0.3) is 0 Å². The Morgan fingerprint density at radius 1 is 1.10 bits per heavy atom. The summed E-state index contributed by atoms with van der Waals surface area (Å²) in [6, 6.07) is 9.63. The molecule has 1 aromatic heterocycles. The molecule has 2 aromatic rings. The molecule has 5 nitrogen and oxygen atoms in total. The van der Waals surface area contributed by atoms with Gasteiger partial charge in [-0.05, 0) is 30.7 Å². The highest BCUT2D eigenvalue weighted by atomic mass is 16.5. The first-order valence-corrected chi connectivity index (χ1v) is 6.72. The molecule has 1 heterocycles. The molecule has 0 atom stereocenters. The zero-order chi connectivity index (χ0) is 14.4. The van der Waals surface area contributed by atoms with E-state index in [0.717, 1.165) is 41.7 Å². The van der Waals surface area contributed by atoms with E-state index < -0.39 is 0 Å². The second-order valence-corrected chi connectivity index (χ2v) is 4.41. The number of nitrogens with zero attached hydrogens (tertiary/aromatic N) is 2. The van der Waals surface area contributed by atoms with Crippen molar-refractivity contribution in [2.45, 2.75) is 19.8 Å². The van der Waals surface area contributed by atoms with Crippen LogP contribution in [0.4, 0.5) is 17.3 Å². The molecule has 0 aliphatic heterocycles. The Labute approximate surface area is 119 Å². The first kappa shape index (κ1) is 14.1. The van der Waals surface area contributed by atoms with Crippen molar-refractivity contribution < 1.29 is 4.74 Å². The van der Waals surface area contributed by atoms with Crippen LogP contribution in [0.1, 0.15) is 19.2 Å². The molecule has 0 saturated carbocycles. The predicted molar refractivity (Wildman–Crippen MR) is 81.9 cm³/mol. The molecule has 0 amide bonds. The van der Waals surface area contributed by atoms with E-state index in [4.69, 9.17) is 4.74 Å². The summed E-state index contributed by atoms with van der Waals surface area (Å²) in [7, 11) is 3.51. The van der Waals surface area contributed by atoms with E-state index in [1.807, 2.05) is 37.4 Å². The SMILES string of the molecule is CCCc1nc(NC)cc(Nc2ccc(OC)cc2)n1. The number of benzene rings is 1. The van der Waals surface area contributed by atoms with Crippen LogP contribution in [0.3, 0.4) is 0 Å². The Morgan fingerprint density at radius 3 is 2.40 bits per heavy atom. The van der Waals surface area contributed by atoms with Crippen LogP contribution in [0, 0.1) is 0 Å². The summed E-state index contributed by atoms with van der Waals surface area (Å²) in [6.07, 6.45) is 1.89. The molecule has 1 aromatic carbocycles. The van der Waals surface area contributed by atoms with Crippen LogP contribution >= 0.6 is 0 Å². The van der Waals surface area contributed by atoms with E-state index in [2.05, 4.69) is 27.5 Å². The monoisotopic (exact) mass is 272 g/mol. The van der Waals surface area contributed by atoms with Crippen LogP contribution < -0.4 is 15.4 Å². The van der Waals surface area contributed by atoms with E-state index in [-0.39, 0.29) is 0 Å². The van der Waals surface area contributed by atoms with Gasteiger partial charge in [-0.3, -0.25) is 0 Å². The van der Waals surface area contributed by atoms with Gasteiger partial charge >= 0.3 is 0 Å². The maximum atomic E-state index is 5.14. The van der Waals surface area contributed by atoms with Crippen molar-refractivity contribution in [2.75, 3.05) is 24.8 Å². The molecule has 0 aliphatic carbocycles. The van der Waals surface area contributed by atoms with E-state index in [9.17, 15) is 0 Å². The van der Waals surface area contributed by atoms with Crippen LogP contribution in [-0.4, -0.2) is 24.1 Å². The van der Waals surface area contributed by atoms with Gasteiger partial charge in [0.1, 0.15) is 23.2 Å². The minimum atomic E-state index is 0.790. The Kier molecular flexibility index (Phi) is 4.76. The maximum Gasteiger partial charge on any atom is 0.136 e. The molecule has 2 N–H and O–H groups in total. The van der Waals surface area contributed by atoms with Gasteiger partial charge in [-0.1, -0.05) is 6.92 Å². The van der Waals surface area contributed by atoms with Crippen LogP contribution in [0.25, 0.3) is 0 Å². The fraction of sp³-hybridized carbons (Fsp3) is 0.333. The predicted octanol–water partition coefficient (Wildman–Crippen LogP) is 3.22. The molecule has 0 bridgehead atoms. The summed E-state index contributed by atoms with van der Waals surface area (Å²) in [4.78, 5) is 8.94. The number of nitrogens with one attached hydrogen (secondary N) is 2. The summed E-state index contributed by atoms with van der Waals surface area (Å²) in [5.41, 5.74) is 0.967. The average Bonchev–Trinajstić information content (AvgIpc) is 2.48. The number of hydrogen-bond acceptors (Lipinski definition) is 5. The van der Waals surface area contributed by atoms with Crippen molar-refractivity contribution in [1.29, 1.82) is 0 Å². The molecule has 2 rings (SSSR count). The molecular weight excluding hydrogens is 252 g/mol. The second-order valence-electron chi connectivity index (χ2n) is 4.41. The van der Waals surface area contributed by atoms with Gasteiger partial charge in [-0.25, -0.2) is 9.97 Å². The minimum absolute atomic E-state index is 0.790. The molecule has 0 fully saturated rings. The minimum Gasteiger partial charge on any atom is -0.497 e. The normalized spacial score (nSPS) is 10.2. The quantitative estimate of drug-likeness (QED) is 0.845. The number of methoxy groups -OCH3 is 1. The van der Waals surface area contributed by atoms with Crippen molar-refractivity contribution in [1.82, 2.24) is 9.97 Å². The van der Waals surface area contributed by atoms with Gasteiger partial charge in [-0.2, -0.15) is 0 Å². The first-order chi connectivity index (χ1) is 9.75. The Bertz CT molecular complexity index is 554. The number of rotatable bonds is 6. The van der Waals surface area contributed by atoms with Crippen LogP contribution in [0.2, 0.25) is 0 Å². The smallest absolute Gasteiger partial charge is 0.136 e. The van der Waals surface area contributed by atoms with Crippen molar-refractivity contribution in [3.05, 3.63) is 36.2 Å². The average molecular weight is 272 g/mol. The maximum absolute atomic E-state index is 5.14. The molecule has 0 radical (unpaired) electrons. The van der Waals surface area contributed by atoms with Crippen molar-refractivity contribution >= 4 is 17.3 Å². The number of aromatic nitrogens is 2. The molecule has 0 spiro atoms. The van der Waals surface area contributed by atoms with Crippen molar-refractivity contribution in [3.63, 3.8) is 0 Å². The summed E-state index contributed by atoms with van der Waals surface area (Å²) >= 11 is 0. The Balaban J connectivity index is 2.20. The first-order valence-electron chi connectivity index (χ1n) is 6.72. The molecule has 5 heteroatoms. The fourth-order valence-electron chi connectivity index (χ4n) is 1.85. The fourth-order valence-corrected chi connectivity index (χ4v) is 1.85. The van der Waals surface area contributed by atoms with Gasteiger partial charge in [0.2, 0.25) is 0 Å². The third-order valence-corrected chi connectivity index (χ3v) is 2.86. The molecule has 0 unspecified atom stereocenters. The van der Waals surface area contributed by atoms with Crippen molar-refractivity contribution in [2.24, 2.45) is 0 Å². The molecular formula is C15H20N4O. The highest BCUT2D eigenvalue weighted by Gasteiger charge is 2.04. The van der Waals surface area contributed by atoms with E-state index in [1.165, 1.54) is 0 Å². The Morgan fingerprint density at radius 2 is 1.80 bits per heavy atom. The highest BCUT2D eigenvalue weighted by Crippen LogP contribution is 2.20. The summed E-state index contributed by atoms with van der Waals surface area (Å²) in [6.45, 7) is 2.12. The second kappa shape index (κ2) is 6.75. The number of anilines is 3.